The van der Waals surface area contributed by atoms with E-state index in [-0.39, 0.29) is 18.3 Å². The largest absolute Gasteiger partial charge is 0.493 e. The zero-order valence-corrected chi connectivity index (χ0v) is 22.5. The summed E-state index contributed by atoms with van der Waals surface area (Å²) >= 11 is 1.34. The second-order valence-corrected chi connectivity index (χ2v) is 9.81. The number of hydrogen-bond donors (Lipinski definition) is 1. The molecule has 5 rings (SSSR count). The predicted molar refractivity (Wildman–Crippen MR) is 154 cm³/mol. The number of aliphatic imine (C=N–C) groups is 1. The molecule has 0 aliphatic carbocycles. The van der Waals surface area contributed by atoms with Crippen molar-refractivity contribution in [3.63, 3.8) is 0 Å². The number of nitrogens with zero attached hydrogens (tertiary/aromatic N) is 2. The zero-order valence-electron chi connectivity index (χ0n) is 21.7. The van der Waals surface area contributed by atoms with Crippen LogP contribution in [-0.2, 0) is 17.8 Å². The Kier molecular flexibility index (Phi) is 8.32. The van der Waals surface area contributed by atoms with Gasteiger partial charge in [0.1, 0.15) is 12.4 Å². The van der Waals surface area contributed by atoms with Crippen LogP contribution in [0.3, 0.4) is 0 Å². The van der Waals surface area contributed by atoms with E-state index in [0.29, 0.717) is 40.3 Å². The lowest BCUT2D eigenvalue weighted by molar-refractivity contribution is -0.122. The number of thioether (sulfide) groups is 1. The van der Waals surface area contributed by atoms with Gasteiger partial charge in [0.2, 0.25) is 5.76 Å². The van der Waals surface area contributed by atoms with Crippen LogP contribution in [0.5, 0.6) is 11.5 Å². The first-order chi connectivity index (χ1) is 19.5. The Morgan fingerprint density at radius 1 is 1.00 bits per heavy atom. The highest BCUT2D eigenvalue weighted by molar-refractivity contribution is 8.18. The second-order valence-electron chi connectivity index (χ2n) is 8.80. The van der Waals surface area contributed by atoms with Crippen LogP contribution < -0.4 is 9.47 Å². The molecule has 1 N–H and O–H groups in total. The predicted octanol–water partition coefficient (Wildman–Crippen LogP) is 6.41. The topological polar surface area (TPSA) is 102 Å². The van der Waals surface area contributed by atoms with E-state index >= 15 is 0 Å². The van der Waals surface area contributed by atoms with Crippen LogP contribution >= 0.6 is 11.8 Å². The van der Waals surface area contributed by atoms with Crippen LogP contribution in [-0.4, -0.2) is 40.7 Å². The summed E-state index contributed by atoms with van der Waals surface area (Å²) in [4.78, 5) is 31.6. The normalized spacial score (nSPS) is 15.1. The molecular formula is C31H26N2O6S. The molecule has 8 nitrogen and oxygen atoms in total. The third-order valence-electron chi connectivity index (χ3n) is 6.06. The van der Waals surface area contributed by atoms with Crippen molar-refractivity contribution in [2.75, 3.05) is 13.7 Å². The van der Waals surface area contributed by atoms with Gasteiger partial charge in [0.25, 0.3) is 5.91 Å². The van der Waals surface area contributed by atoms with Gasteiger partial charge in [0, 0.05) is 6.54 Å². The molecule has 4 aromatic rings. The maximum absolute atomic E-state index is 13.5. The smallest absolute Gasteiger partial charge is 0.371 e. The molecule has 0 unspecified atom stereocenters. The number of carbonyl (C=O) groups is 2. The molecule has 9 heteroatoms. The van der Waals surface area contributed by atoms with E-state index in [4.69, 9.17) is 24.0 Å². The second kappa shape index (κ2) is 12.4. The van der Waals surface area contributed by atoms with Crippen LogP contribution in [0.2, 0.25) is 0 Å². The molecule has 1 saturated heterocycles. The van der Waals surface area contributed by atoms with E-state index in [1.165, 1.54) is 24.9 Å². The van der Waals surface area contributed by atoms with Gasteiger partial charge in [-0.05, 0) is 71.8 Å². The Bertz CT molecular complexity index is 1560. The highest BCUT2D eigenvalue weighted by Crippen LogP contribution is 2.36. The molecule has 0 radical (unpaired) electrons. The Labute approximate surface area is 235 Å². The molecule has 0 spiro atoms. The Balaban J connectivity index is 1.35. The summed E-state index contributed by atoms with van der Waals surface area (Å²) in [7, 11) is 1.53. The van der Waals surface area contributed by atoms with Crippen LogP contribution in [0, 0.1) is 0 Å². The van der Waals surface area contributed by atoms with Crippen LogP contribution in [0.25, 0.3) is 6.08 Å². The lowest BCUT2D eigenvalue weighted by Gasteiger charge is -2.15. The molecule has 3 aromatic carbocycles. The molecule has 0 atom stereocenters. The number of amides is 1. The van der Waals surface area contributed by atoms with E-state index in [9.17, 15) is 9.59 Å². The van der Waals surface area contributed by atoms with Gasteiger partial charge in [-0.2, -0.15) is 0 Å². The Morgan fingerprint density at radius 2 is 1.75 bits per heavy atom. The first-order valence-electron chi connectivity index (χ1n) is 12.5. The van der Waals surface area contributed by atoms with E-state index in [2.05, 4.69) is 0 Å². The summed E-state index contributed by atoms with van der Waals surface area (Å²) < 4.78 is 16.6. The third kappa shape index (κ3) is 6.44. The minimum Gasteiger partial charge on any atom is -0.493 e. The molecule has 40 heavy (non-hydrogen) atoms. The number of furan rings is 1. The lowest BCUT2D eigenvalue weighted by atomic mass is 10.1. The number of methoxy groups -OCH3 is 1. The van der Waals surface area contributed by atoms with Gasteiger partial charge < -0.3 is 19.0 Å². The van der Waals surface area contributed by atoms with E-state index < -0.39 is 5.97 Å². The fraction of sp³-hybridized carbons (Fsp3) is 0.129. The summed E-state index contributed by atoms with van der Waals surface area (Å²) in [6.07, 6.45) is 2.52. The number of aromatic carboxylic acids is 1. The number of carboxylic acid groups (broad SMARTS) is 1. The van der Waals surface area contributed by atoms with Gasteiger partial charge in [-0.25, -0.2) is 9.79 Å². The molecule has 1 amide bonds. The van der Waals surface area contributed by atoms with Gasteiger partial charge in [-0.15, -0.1) is 0 Å². The van der Waals surface area contributed by atoms with Gasteiger partial charge in [0.05, 0.1) is 17.7 Å². The van der Waals surface area contributed by atoms with E-state index in [1.807, 2.05) is 72.8 Å². The van der Waals surface area contributed by atoms with Crippen molar-refractivity contribution in [2.24, 2.45) is 4.99 Å². The van der Waals surface area contributed by atoms with Crippen molar-refractivity contribution < 1.29 is 28.6 Å². The van der Waals surface area contributed by atoms with Crippen molar-refractivity contribution in [3.05, 3.63) is 119 Å². The van der Waals surface area contributed by atoms with Gasteiger partial charge in [-0.3, -0.25) is 9.69 Å². The van der Waals surface area contributed by atoms with E-state index in [0.717, 1.165) is 16.8 Å². The van der Waals surface area contributed by atoms with Crippen LogP contribution in [0.15, 0.2) is 105 Å². The fourth-order valence-corrected chi connectivity index (χ4v) is 5.08. The summed E-state index contributed by atoms with van der Waals surface area (Å²) in [5, 5.41) is 9.65. The number of amidine groups is 1. The number of ether oxygens (including phenoxy) is 2. The zero-order chi connectivity index (χ0) is 27.9. The maximum atomic E-state index is 13.5. The summed E-state index contributed by atoms with van der Waals surface area (Å²) in [6.45, 7) is 0.541. The SMILES string of the molecule is COc1cc(/C=C2\SC(=Nc3ccccc3)N(CCc3ccccc3)C2=O)ccc1OCc1ccc(C(=O)O)o1. The molecule has 1 aliphatic rings. The highest BCUT2D eigenvalue weighted by atomic mass is 32.2. The minimum absolute atomic E-state index is 0.0358. The van der Waals surface area contributed by atoms with Crippen molar-refractivity contribution >= 4 is 40.6 Å². The molecule has 1 aliphatic heterocycles. The third-order valence-corrected chi connectivity index (χ3v) is 7.07. The lowest BCUT2D eigenvalue weighted by Crippen LogP contribution is -2.31. The van der Waals surface area contributed by atoms with Crippen molar-refractivity contribution in [2.45, 2.75) is 13.0 Å². The van der Waals surface area contributed by atoms with Gasteiger partial charge in [-0.1, -0.05) is 54.6 Å². The van der Waals surface area contributed by atoms with E-state index in [1.54, 1.807) is 23.1 Å². The van der Waals surface area contributed by atoms with Gasteiger partial charge >= 0.3 is 5.97 Å². The first-order valence-corrected chi connectivity index (χ1v) is 13.3. The number of benzene rings is 3. The van der Waals surface area contributed by atoms with Crippen LogP contribution in [0.1, 0.15) is 27.4 Å². The molecule has 202 valence electrons. The van der Waals surface area contributed by atoms with Gasteiger partial charge in [0.15, 0.2) is 16.7 Å². The summed E-state index contributed by atoms with van der Waals surface area (Å²) in [5.41, 5.74) is 2.68. The van der Waals surface area contributed by atoms with Crippen molar-refractivity contribution in [1.82, 2.24) is 4.90 Å². The quantitative estimate of drug-likeness (QED) is 0.226. The molecule has 0 bridgehead atoms. The number of para-hydroxylation sites is 1. The fourth-order valence-electron chi connectivity index (χ4n) is 4.05. The maximum Gasteiger partial charge on any atom is 0.371 e. The average molecular weight is 555 g/mol. The Hall–Kier alpha value is -4.76. The molecule has 1 aromatic heterocycles. The highest BCUT2D eigenvalue weighted by Gasteiger charge is 2.33. The number of hydrogen-bond acceptors (Lipinski definition) is 7. The minimum atomic E-state index is -1.14. The Morgan fingerprint density at radius 3 is 2.45 bits per heavy atom. The van der Waals surface area contributed by atoms with Crippen molar-refractivity contribution in [1.29, 1.82) is 0 Å². The average Bonchev–Trinajstić information content (AvgIpc) is 3.57. The molecule has 1 fully saturated rings. The number of carbonyl (C=O) groups excluding carboxylic acids is 1. The number of carboxylic acids is 1. The molecular weight excluding hydrogens is 528 g/mol. The summed E-state index contributed by atoms with van der Waals surface area (Å²) in [5.74, 6) is -0.107. The molecule has 0 saturated carbocycles. The first kappa shape index (κ1) is 26.8. The number of rotatable bonds is 10. The monoisotopic (exact) mass is 554 g/mol. The van der Waals surface area contributed by atoms with Crippen molar-refractivity contribution in [3.8, 4) is 11.5 Å². The molecule has 2 heterocycles. The standard InChI is InChI=1S/C31H26N2O6S/c1-37-27-18-22(12-14-25(27)38-20-24-13-15-26(39-24)30(35)36)19-28-29(34)33(17-16-21-8-4-2-5-9-21)31(40-28)32-23-10-6-3-7-11-23/h2-15,18-19H,16-17,20H2,1H3,(H,35,36)/b28-19-,32-31?. The summed E-state index contributed by atoms with van der Waals surface area (Å²) in [6, 6.07) is 27.9. The van der Waals surface area contributed by atoms with Crippen LogP contribution in [0.4, 0.5) is 5.69 Å².